The van der Waals surface area contributed by atoms with Crippen LogP contribution in [-0.4, -0.2) is 19.5 Å². The van der Waals surface area contributed by atoms with Gasteiger partial charge in [-0.3, -0.25) is 4.79 Å². The third kappa shape index (κ3) is 3.03. The van der Waals surface area contributed by atoms with Crippen molar-refractivity contribution in [3.63, 3.8) is 0 Å². The second-order valence-electron chi connectivity index (χ2n) is 4.73. The smallest absolute Gasteiger partial charge is 0.172 e. The van der Waals surface area contributed by atoms with Crippen LogP contribution in [0, 0.1) is 0 Å². The van der Waals surface area contributed by atoms with Gasteiger partial charge in [-0.1, -0.05) is 18.9 Å². The Morgan fingerprint density at radius 3 is 2.50 bits per heavy atom. The summed E-state index contributed by atoms with van der Waals surface area (Å²) in [4.78, 5) is 11.1. The molecule has 1 aromatic carbocycles. The van der Waals surface area contributed by atoms with Gasteiger partial charge >= 0.3 is 0 Å². The van der Waals surface area contributed by atoms with Crippen molar-refractivity contribution in [1.29, 1.82) is 0 Å². The number of hydrogen-bond acceptors (Lipinski definition) is 3. The predicted molar refractivity (Wildman–Crippen MR) is 70.5 cm³/mol. The Balaban J connectivity index is 2.17. The molecule has 0 amide bonds. The third-order valence-corrected chi connectivity index (χ3v) is 3.44. The van der Waals surface area contributed by atoms with Crippen molar-refractivity contribution in [1.82, 2.24) is 0 Å². The molecule has 1 aromatic rings. The van der Waals surface area contributed by atoms with Crippen LogP contribution in [0.5, 0.6) is 11.5 Å². The summed E-state index contributed by atoms with van der Waals surface area (Å²) in [6.45, 7) is 0. The summed E-state index contributed by atoms with van der Waals surface area (Å²) in [5.41, 5.74) is 0.568. The summed E-state index contributed by atoms with van der Waals surface area (Å²) >= 11 is 0. The molecule has 3 nitrogen and oxygen atoms in total. The van der Waals surface area contributed by atoms with E-state index in [0.29, 0.717) is 17.1 Å². The number of benzene rings is 1. The highest BCUT2D eigenvalue weighted by atomic mass is 16.5. The molecule has 0 bridgehead atoms. The number of carbonyl (C=O) groups is 1. The zero-order valence-electron chi connectivity index (χ0n) is 10.9. The Labute approximate surface area is 108 Å². The number of rotatable bonds is 4. The number of hydrogen-bond donors (Lipinski definition) is 0. The van der Waals surface area contributed by atoms with Crippen molar-refractivity contribution in [3.8, 4) is 11.5 Å². The van der Waals surface area contributed by atoms with Crippen molar-refractivity contribution in [2.45, 2.75) is 44.6 Å². The molecular weight excluding hydrogens is 228 g/mol. The standard InChI is InChI=1S/C15H20O3/c1-17-14-10-6-7-12(11-16)15(14)18-13-8-4-2-3-5-9-13/h6-7,10-11,13H,2-5,8-9H2,1H3. The summed E-state index contributed by atoms with van der Waals surface area (Å²) in [5.74, 6) is 1.24. The van der Waals surface area contributed by atoms with Gasteiger partial charge in [0.25, 0.3) is 0 Å². The monoisotopic (exact) mass is 248 g/mol. The zero-order valence-corrected chi connectivity index (χ0v) is 10.9. The first-order valence-corrected chi connectivity index (χ1v) is 6.64. The number of methoxy groups -OCH3 is 1. The first-order chi connectivity index (χ1) is 8.85. The minimum absolute atomic E-state index is 0.211. The normalized spacial score (nSPS) is 16.9. The lowest BCUT2D eigenvalue weighted by atomic mass is 10.1. The fourth-order valence-corrected chi connectivity index (χ4v) is 2.44. The Morgan fingerprint density at radius 2 is 1.89 bits per heavy atom. The van der Waals surface area contributed by atoms with Gasteiger partial charge in [0.1, 0.15) is 0 Å². The van der Waals surface area contributed by atoms with Gasteiger partial charge in [-0.05, 0) is 37.8 Å². The van der Waals surface area contributed by atoms with E-state index in [9.17, 15) is 4.79 Å². The lowest BCUT2D eigenvalue weighted by Gasteiger charge is -2.20. The summed E-state index contributed by atoms with van der Waals surface area (Å²) in [6, 6.07) is 5.41. The minimum Gasteiger partial charge on any atom is -0.493 e. The Bertz CT molecular complexity index is 393. The summed E-state index contributed by atoms with van der Waals surface area (Å²) in [7, 11) is 1.60. The predicted octanol–water partition coefficient (Wildman–Crippen LogP) is 3.61. The van der Waals surface area contributed by atoms with E-state index in [4.69, 9.17) is 9.47 Å². The van der Waals surface area contributed by atoms with Gasteiger partial charge in [-0.15, -0.1) is 0 Å². The summed E-state index contributed by atoms with van der Waals surface area (Å²) in [5, 5.41) is 0. The highest BCUT2D eigenvalue weighted by Crippen LogP contribution is 2.33. The topological polar surface area (TPSA) is 35.5 Å². The van der Waals surface area contributed by atoms with Gasteiger partial charge in [0.15, 0.2) is 17.8 Å². The van der Waals surface area contributed by atoms with Gasteiger partial charge in [-0.25, -0.2) is 0 Å². The van der Waals surface area contributed by atoms with Crippen LogP contribution in [-0.2, 0) is 0 Å². The quantitative estimate of drug-likeness (QED) is 0.603. The Morgan fingerprint density at radius 1 is 1.17 bits per heavy atom. The molecule has 98 valence electrons. The van der Waals surface area contributed by atoms with Crippen LogP contribution in [0.1, 0.15) is 48.9 Å². The molecule has 0 aromatic heterocycles. The molecule has 0 unspecified atom stereocenters. The molecule has 0 spiro atoms. The molecule has 0 aliphatic heterocycles. The van der Waals surface area contributed by atoms with Gasteiger partial charge in [0, 0.05) is 0 Å². The number of aldehydes is 1. The van der Waals surface area contributed by atoms with E-state index in [1.165, 1.54) is 25.7 Å². The molecule has 1 aliphatic carbocycles. The summed E-state index contributed by atoms with van der Waals surface area (Å²) < 4.78 is 11.3. The number of ether oxygens (including phenoxy) is 2. The van der Waals surface area contributed by atoms with E-state index in [2.05, 4.69) is 0 Å². The average molecular weight is 248 g/mol. The first-order valence-electron chi connectivity index (χ1n) is 6.64. The van der Waals surface area contributed by atoms with E-state index in [0.717, 1.165) is 19.1 Å². The molecule has 0 N–H and O–H groups in total. The van der Waals surface area contributed by atoms with Crippen LogP contribution in [0.2, 0.25) is 0 Å². The lowest BCUT2D eigenvalue weighted by Crippen LogP contribution is -2.16. The molecule has 3 heteroatoms. The van der Waals surface area contributed by atoms with Gasteiger partial charge < -0.3 is 9.47 Å². The van der Waals surface area contributed by atoms with Crippen molar-refractivity contribution in [2.24, 2.45) is 0 Å². The Hall–Kier alpha value is -1.51. The van der Waals surface area contributed by atoms with Crippen LogP contribution in [0.4, 0.5) is 0 Å². The highest BCUT2D eigenvalue weighted by molar-refractivity contribution is 5.81. The maximum Gasteiger partial charge on any atom is 0.172 e. The molecule has 18 heavy (non-hydrogen) atoms. The maximum atomic E-state index is 11.1. The minimum atomic E-state index is 0.211. The maximum absolute atomic E-state index is 11.1. The molecule has 0 radical (unpaired) electrons. The van der Waals surface area contributed by atoms with Crippen molar-refractivity contribution >= 4 is 6.29 Å². The van der Waals surface area contributed by atoms with Crippen molar-refractivity contribution in [2.75, 3.05) is 7.11 Å². The Kier molecular flexibility index (Phi) is 4.62. The van der Waals surface area contributed by atoms with E-state index in [1.54, 1.807) is 13.2 Å². The molecule has 0 atom stereocenters. The van der Waals surface area contributed by atoms with E-state index in [1.807, 2.05) is 12.1 Å². The largest absolute Gasteiger partial charge is 0.493 e. The van der Waals surface area contributed by atoms with E-state index < -0.39 is 0 Å². The first kappa shape index (κ1) is 12.9. The highest BCUT2D eigenvalue weighted by Gasteiger charge is 2.18. The average Bonchev–Trinajstić information content (AvgIpc) is 2.67. The number of carbonyl (C=O) groups excluding carboxylic acids is 1. The van der Waals surface area contributed by atoms with Gasteiger partial charge in [-0.2, -0.15) is 0 Å². The molecule has 1 saturated carbocycles. The van der Waals surface area contributed by atoms with Crippen LogP contribution < -0.4 is 9.47 Å². The van der Waals surface area contributed by atoms with E-state index >= 15 is 0 Å². The van der Waals surface area contributed by atoms with Crippen LogP contribution in [0.3, 0.4) is 0 Å². The second kappa shape index (κ2) is 6.43. The van der Waals surface area contributed by atoms with Gasteiger partial charge in [0.05, 0.1) is 18.8 Å². The molecule has 1 aliphatic rings. The fraction of sp³-hybridized carbons (Fsp3) is 0.533. The molecule has 2 rings (SSSR count). The van der Waals surface area contributed by atoms with Crippen molar-refractivity contribution in [3.05, 3.63) is 23.8 Å². The van der Waals surface area contributed by atoms with Crippen LogP contribution >= 0.6 is 0 Å². The van der Waals surface area contributed by atoms with Crippen LogP contribution in [0.25, 0.3) is 0 Å². The summed E-state index contributed by atoms with van der Waals surface area (Å²) in [6.07, 6.45) is 8.15. The fourth-order valence-electron chi connectivity index (χ4n) is 2.44. The molecule has 1 fully saturated rings. The van der Waals surface area contributed by atoms with Gasteiger partial charge in [0.2, 0.25) is 0 Å². The zero-order chi connectivity index (χ0) is 12.8. The molecular formula is C15H20O3. The van der Waals surface area contributed by atoms with Crippen LogP contribution in [0.15, 0.2) is 18.2 Å². The second-order valence-corrected chi connectivity index (χ2v) is 4.73. The van der Waals surface area contributed by atoms with Crippen molar-refractivity contribution < 1.29 is 14.3 Å². The third-order valence-electron chi connectivity index (χ3n) is 3.44. The lowest BCUT2D eigenvalue weighted by molar-refractivity contribution is 0.111. The number of para-hydroxylation sites is 1. The molecule has 0 heterocycles. The SMILES string of the molecule is COc1cccc(C=O)c1OC1CCCCCC1. The van der Waals surface area contributed by atoms with E-state index in [-0.39, 0.29) is 6.10 Å². The molecule has 0 saturated heterocycles.